The van der Waals surface area contributed by atoms with Gasteiger partial charge in [-0.15, -0.1) is 0 Å². The smallest absolute Gasteiger partial charge is 0.336 e. The van der Waals surface area contributed by atoms with Crippen LogP contribution in [0.3, 0.4) is 0 Å². The molecular weight excluding hydrogens is 284 g/mol. The number of halogens is 1. The fourth-order valence-corrected chi connectivity index (χ4v) is 5.26. The van der Waals surface area contributed by atoms with Crippen LogP contribution in [0.25, 0.3) is 5.57 Å². The van der Waals surface area contributed by atoms with Gasteiger partial charge in [-0.2, -0.15) is 0 Å². The van der Waals surface area contributed by atoms with E-state index in [1.165, 1.54) is 37.7 Å². The third-order valence-corrected chi connectivity index (χ3v) is 5.91. The zero-order valence-corrected chi connectivity index (χ0v) is 12.6. The maximum absolute atomic E-state index is 11.9. The Kier molecular flexibility index (Phi) is 3.11. The highest BCUT2D eigenvalue weighted by Gasteiger charge is 2.46. The lowest BCUT2D eigenvalue weighted by atomic mass is 9.53. The van der Waals surface area contributed by atoms with Gasteiger partial charge in [-0.25, -0.2) is 4.79 Å². The highest BCUT2D eigenvalue weighted by molar-refractivity contribution is 6.30. The average molecular weight is 303 g/mol. The van der Waals surface area contributed by atoms with Crippen LogP contribution < -0.4 is 0 Å². The minimum absolute atomic E-state index is 0.503. The van der Waals surface area contributed by atoms with E-state index in [1.807, 2.05) is 12.1 Å². The van der Waals surface area contributed by atoms with Gasteiger partial charge in [0.2, 0.25) is 0 Å². The largest absolute Gasteiger partial charge is 0.478 e. The first-order valence-corrected chi connectivity index (χ1v) is 8.23. The predicted octanol–water partition coefficient (Wildman–Crippen LogP) is 4.63. The molecule has 1 aromatic rings. The van der Waals surface area contributed by atoms with Gasteiger partial charge in [0.1, 0.15) is 0 Å². The number of allylic oxidation sites excluding steroid dienone is 1. The van der Waals surface area contributed by atoms with Gasteiger partial charge in [0.05, 0.1) is 5.57 Å². The van der Waals surface area contributed by atoms with Gasteiger partial charge in [-0.1, -0.05) is 23.7 Å². The summed E-state index contributed by atoms with van der Waals surface area (Å²) in [6, 6.07) is 7.28. The molecule has 0 aliphatic heterocycles. The first kappa shape index (κ1) is 13.4. The Morgan fingerprint density at radius 1 is 0.952 bits per heavy atom. The molecule has 0 atom stereocenters. The van der Waals surface area contributed by atoms with Crippen LogP contribution in [-0.4, -0.2) is 11.1 Å². The molecule has 4 aliphatic rings. The highest BCUT2D eigenvalue weighted by Crippen LogP contribution is 2.57. The molecule has 4 bridgehead atoms. The van der Waals surface area contributed by atoms with Crippen molar-refractivity contribution in [3.63, 3.8) is 0 Å². The molecule has 4 saturated carbocycles. The van der Waals surface area contributed by atoms with Gasteiger partial charge in [0, 0.05) is 5.02 Å². The number of carbonyl (C=O) groups is 1. The summed E-state index contributed by atoms with van der Waals surface area (Å²) >= 11 is 5.94. The Balaban J connectivity index is 1.82. The summed E-state index contributed by atoms with van der Waals surface area (Å²) < 4.78 is 0. The van der Waals surface area contributed by atoms with Crippen LogP contribution in [0.1, 0.15) is 37.7 Å². The van der Waals surface area contributed by atoms with Gasteiger partial charge in [-0.05, 0) is 79.0 Å². The Morgan fingerprint density at radius 3 is 1.95 bits per heavy atom. The summed E-state index contributed by atoms with van der Waals surface area (Å²) in [5.41, 5.74) is 2.60. The Bertz CT molecular complexity index is 585. The van der Waals surface area contributed by atoms with E-state index in [-0.39, 0.29) is 0 Å². The van der Waals surface area contributed by atoms with E-state index in [1.54, 1.807) is 12.1 Å². The molecule has 0 aromatic heterocycles. The van der Waals surface area contributed by atoms with Gasteiger partial charge in [0.25, 0.3) is 0 Å². The predicted molar refractivity (Wildman–Crippen MR) is 83.1 cm³/mol. The molecule has 4 fully saturated rings. The molecule has 3 heteroatoms. The number of rotatable bonds is 2. The first-order valence-electron chi connectivity index (χ1n) is 7.85. The molecule has 0 unspecified atom stereocenters. The third kappa shape index (κ3) is 2.20. The van der Waals surface area contributed by atoms with Gasteiger partial charge in [0.15, 0.2) is 0 Å². The van der Waals surface area contributed by atoms with Crippen molar-refractivity contribution >= 4 is 23.1 Å². The molecule has 110 valence electrons. The maximum atomic E-state index is 11.9. The lowest BCUT2D eigenvalue weighted by molar-refractivity contribution is -0.130. The summed E-state index contributed by atoms with van der Waals surface area (Å²) in [6.07, 6.45) is 6.18. The number of carboxylic acid groups (broad SMARTS) is 1. The minimum atomic E-state index is -0.778. The molecule has 5 rings (SSSR count). The molecule has 1 N–H and O–H groups in total. The average Bonchev–Trinajstić information content (AvgIpc) is 2.43. The van der Waals surface area contributed by atoms with Gasteiger partial charge in [-0.3, -0.25) is 0 Å². The second kappa shape index (κ2) is 4.88. The quantitative estimate of drug-likeness (QED) is 0.808. The lowest BCUT2D eigenvalue weighted by Crippen LogP contribution is -2.41. The number of carboxylic acids is 1. The summed E-state index contributed by atoms with van der Waals surface area (Å²) in [7, 11) is 0. The second-order valence-corrected chi connectivity index (χ2v) is 7.38. The van der Waals surface area contributed by atoms with Crippen molar-refractivity contribution in [1.29, 1.82) is 0 Å². The van der Waals surface area contributed by atoms with E-state index in [4.69, 9.17) is 11.6 Å². The van der Waals surface area contributed by atoms with Crippen molar-refractivity contribution in [1.82, 2.24) is 0 Å². The number of hydrogen-bond donors (Lipinski definition) is 1. The van der Waals surface area contributed by atoms with Crippen LogP contribution in [0.15, 0.2) is 29.8 Å². The van der Waals surface area contributed by atoms with Crippen LogP contribution in [0.5, 0.6) is 0 Å². The molecule has 2 nitrogen and oxygen atoms in total. The van der Waals surface area contributed by atoms with Crippen LogP contribution >= 0.6 is 11.6 Å². The summed E-state index contributed by atoms with van der Waals surface area (Å²) in [5, 5.41) is 10.4. The fraction of sp³-hybridized carbons (Fsp3) is 0.500. The van der Waals surface area contributed by atoms with Gasteiger partial charge >= 0.3 is 5.97 Å². The van der Waals surface area contributed by atoms with Crippen molar-refractivity contribution in [3.05, 3.63) is 40.4 Å². The second-order valence-electron chi connectivity index (χ2n) is 6.95. The Labute approximate surface area is 129 Å². The van der Waals surface area contributed by atoms with E-state index >= 15 is 0 Å². The number of benzene rings is 1. The number of hydrogen-bond acceptors (Lipinski definition) is 1. The van der Waals surface area contributed by atoms with Gasteiger partial charge < -0.3 is 5.11 Å². The normalized spacial score (nSPS) is 33.3. The van der Waals surface area contributed by atoms with E-state index in [0.717, 1.165) is 17.4 Å². The maximum Gasteiger partial charge on any atom is 0.336 e. The highest BCUT2D eigenvalue weighted by atomic mass is 35.5. The molecule has 0 saturated heterocycles. The van der Waals surface area contributed by atoms with E-state index in [9.17, 15) is 9.90 Å². The zero-order valence-electron chi connectivity index (χ0n) is 11.9. The molecule has 4 aliphatic carbocycles. The molecule has 0 radical (unpaired) electrons. The Hall–Kier alpha value is -1.28. The summed E-state index contributed by atoms with van der Waals surface area (Å²) in [4.78, 5) is 11.9. The SMILES string of the molecule is O=C(O)C(=C1C2CC3CC(C2)CC1C3)c1ccc(Cl)cc1. The molecule has 1 aromatic carbocycles. The van der Waals surface area contributed by atoms with Crippen LogP contribution in [-0.2, 0) is 4.79 Å². The van der Waals surface area contributed by atoms with Crippen molar-refractivity contribution in [2.75, 3.05) is 0 Å². The van der Waals surface area contributed by atoms with Crippen molar-refractivity contribution in [2.24, 2.45) is 23.7 Å². The monoisotopic (exact) mass is 302 g/mol. The van der Waals surface area contributed by atoms with E-state index < -0.39 is 5.97 Å². The molecule has 0 amide bonds. The van der Waals surface area contributed by atoms with Crippen LogP contribution in [0.4, 0.5) is 0 Å². The fourth-order valence-electron chi connectivity index (χ4n) is 5.13. The molecule has 21 heavy (non-hydrogen) atoms. The van der Waals surface area contributed by atoms with Crippen LogP contribution in [0.2, 0.25) is 5.02 Å². The number of aliphatic carboxylic acids is 1. The van der Waals surface area contributed by atoms with Crippen LogP contribution in [0, 0.1) is 23.7 Å². The van der Waals surface area contributed by atoms with E-state index in [2.05, 4.69) is 0 Å². The molecule has 0 heterocycles. The Morgan fingerprint density at radius 2 is 1.48 bits per heavy atom. The topological polar surface area (TPSA) is 37.3 Å². The summed E-state index contributed by atoms with van der Waals surface area (Å²) in [6.45, 7) is 0. The lowest BCUT2D eigenvalue weighted by Gasteiger charge is -2.52. The molecule has 0 spiro atoms. The minimum Gasteiger partial charge on any atom is -0.478 e. The van der Waals surface area contributed by atoms with Crippen molar-refractivity contribution in [3.8, 4) is 0 Å². The van der Waals surface area contributed by atoms with Crippen molar-refractivity contribution in [2.45, 2.75) is 32.1 Å². The third-order valence-electron chi connectivity index (χ3n) is 5.65. The molecular formula is C18H19ClO2. The standard InChI is InChI=1S/C18H19ClO2/c19-15-3-1-12(2-4-15)17(18(20)21)16-13-6-10-5-11(8-13)9-14(16)7-10/h1-4,10-11,13-14H,5-9H2,(H,20,21). The van der Waals surface area contributed by atoms with Crippen molar-refractivity contribution < 1.29 is 9.90 Å². The first-order chi connectivity index (χ1) is 10.1. The van der Waals surface area contributed by atoms with E-state index in [0.29, 0.717) is 22.4 Å². The summed E-state index contributed by atoms with van der Waals surface area (Å²) in [5.74, 6) is 1.92. The zero-order chi connectivity index (χ0) is 14.6.